The van der Waals surface area contributed by atoms with Crippen molar-refractivity contribution in [3.63, 3.8) is 0 Å². The highest BCUT2D eigenvalue weighted by atomic mass is 32.1. The Morgan fingerprint density at radius 1 is 1.32 bits per heavy atom. The third kappa shape index (κ3) is 3.63. The van der Waals surface area contributed by atoms with Crippen LogP contribution >= 0.6 is 11.3 Å². The first-order valence-electron chi connectivity index (χ1n) is 9.02. The Kier molecular flexibility index (Phi) is 5.58. The molecule has 3 heterocycles. The van der Waals surface area contributed by atoms with Gasteiger partial charge in [-0.05, 0) is 55.8 Å². The number of fused-ring (bicyclic) bond motifs is 1. The maximum Gasteiger partial charge on any atom is 0.322 e. The fraction of sp³-hybridized carbons (Fsp3) is 0.474. The van der Waals surface area contributed by atoms with E-state index in [0.717, 1.165) is 44.0 Å². The van der Waals surface area contributed by atoms with Gasteiger partial charge in [0, 0.05) is 24.5 Å². The van der Waals surface area contributed by atoms with Crippen LogP contribution in [0.4, 0.5) is 16.3 Å². The van der Waals surface area contributed by atoms with Crippen molar-refractivity contribution in [3.8, 4) is 0 Å². The predicted octanol–water partition coefficient (Wildman–Crippen LogP) is 4.53. The lowest BCUT2D eigenvalue weighted by Crippen LogP contribution is -2.41. The third-order valence-electron chi connectivity index (χ3n) is 4.83. The number of anilines is 2. The van der Waals surface area contributed by atoms with Gasteiger partial charge >= 0.3 is 6.03 Å². The van der Waals surface area contributed by atoms with E-state index < -0.39 is 0 Å². The molecule has 2 aromatic heterocycles. The van der Waals surface area contributed by atoms with Gasteiger partial charge in [0.05, 0.1) is 17.9 Å². The largest absolute Gasteiger partial charge is 0.357 e. The molecule has 25 heavy (non-hydrogen) atoms. The van der Waals surface area contributed by atoms with Crippen molar-refractivity contribution in [2.45, 2.75) is 39.7 Å². The van der Waals surface area contributed by atoms with Crippen LogP contribution in [0, 0.1) is 0 Å². The summed E-state index contributed by atoms with van der Waals surface area (Å²) >= 11 is 1.80. The van der Waals surface area contributed by atoms with Crippen LogP contribution < -0.4 is 10.2 Å². The summed E-state index contributed by atoms with van der Waals surface area (Å²) in [7, 11) is 0. The lowest BCUT2D eigenvalue weighted by molar-refractivity contribution is 0.181. The van der Waals surface area contributed by atoms with Gasteiger partial charge in [-0.3, -0.25) is 0 Å². The first-order valence-corrected chi connectivity index (χ1v) is 9.90. The van der Waals surface area contributed by atoms with E-state index in [0.29, 0.717) is 0 Å². The second-order valence-electron chi connectivity index (χ2n) is 6.17. The van der Waals surface area contributed by atoms with Crippen LogP contribution in [-0.2, 0) is 6.42 Å². The van der Waals surface area contributed by atoms with E-state index in [1.807, 2.05) is 17.0 Å². The Hall–Kier alpha value is -2.08. The number of nitrogens with one attached hydrogen (secondary N) is 1. The number of carbonyl (C=O) groups excluding carboxylic acids is 1. The molecule has 0 aromatic carbocycles. The molecule has 0 unspecified atom stereocenters. The molecular formula is C19H26N4OS. The van der Waals surface area contributed by atoms with E-state index >= 15 is 0 Å². The minimum atomic E-state index is -0.0407. The monoisotopic (exact) mass is 358 g/mol. The molecule has 0 bridgehead atoms. The highest BCUT2D eigenvalue weighted by Crippen LogP contribution is 2.35. The van der Waals surface area contributed by atoms with E-state index in [4.69, 9.17) is 0 Å². The van der Waals surface area contributed by atoms with E-state index in [9.17, 15) is 4.79 Å². The molecule has 0 saturated carbocycles. The van der Waals surface area contributed by atoms with Gasteiger partial charge in [-0.1, -0.05) is 6.92 Å². The fourth-order valence-electron chi connectivity index (χ4n) is 3.47. The van der Waals surface area contributed by atoms with Crippen molar-refractivity contribution < 1.29 is 4.79 Å². The smallest absolute Gasteiger partial charge is 0.322 e. The highest BCUT2D eigenvalue weighted by Gasteiger charge is 2.30. The molecule has 0 aliphatic carbocycles. The molecule has 5 nitrogen and oxygen atoms in total. The van der Waals surface area contributed by atoms with Crippen molar-refractivity contribution in [3.05, 3.63) is 40.2 Å². The lowest BCUT2D eigenvalue weighted by atomic mass is 9.98. The van der Waals surface area contributed by atoms with Crippen molar-refractivity contribution in [1.82, 2.24) is 9.88 Å². The summed E-state index contributed by atoms with van der Waals surface area (Å²) in [6, 6.07) is 6.18. The van der Waals surface area contributed by atoms with Gasteiger partial charge in [0.25, 0.3) is 0 Å². The number of nitrogens with zero attached hydrogens (tertiary/aromatic N) is 3. The maximum atomic E-state index is 12.8. The summed E-state index contributed by atoms with van der Waals surface area (Å²) in [4.78, 5) is 22.8. The van der Waals surface area contributed by atoms with Gasteiger partial charge in [0.2, 0.25) is 0 Å². The molecule has 1 atom stereocenters. The Morgan fingerprint density at radius 3 is 2.76 bits per heavy atom. The van der Waals surface area contributed by atoms with Crippen LogP contribution in [0.1, 0.15) is 43.7 Å². The van der Waals surface area contributed by atoms with E-state index in [2.05, 4.69) is 47.4 Å². The van der Waals surface area contributed by atoms with Crippen LogP contribution in [0.2, 0.25) is 0 Å². The number of hydrogen-bond donors (Lipinski definition) is 1. The quantitative estimate of drug-likeness (QED) is 0.854. The average molecular weight is 359 g/mol. The minimum absolute atomic E-state index is 0.0407. The number of pyridine rings is 1. The minimum Gasteiger partial charge on any atom is -0.357 e. The van der Waals surface area contributed by atoms with Gasteiger partial charge in [-0.25, -0.2) is 9.78 Å². The van der Waals surface area contributed by atoms with Gasteiger partial charge in [-0.15, -0.1) is 11.3 Å². The summed E-state index contributed by atoms with van der Waals surface area (Å²) in [5.74, 6) is 0.940. The normalized spacial score (nSPS) is 16.4. The maximum absolute atomic E-state index is 12.8. The van der Waals surface area contributed by atoms with Gasteiger partial charge in [0.1, 0.15) is 5.82 Å². The van der Waals surface area contributed by atoms with Crippen LogP contribution in [0.15, 0.2) is 29.8 Å². The summed E-state index contributed by atoms with van der Waals surface area (Å²) in [5.41, 5.74) is 2.05. The molecule has 2 amide bonds. The molecule has 1 aliphatic heterocycles. The van der Waals surface area contributed by atoms with Crippen LogP contribution in [-0.4, -0.2) is 35.5 Å². The molecule has 2 aromatic rings. The summed E-state index contributed by atoms with van der Waals surface area (Å²) < 4.78 is 0. The van der Waals surface area contributed by atoms with Crippen LogP contribution in [0.25, 0.3) is 0 Å². The molecule has 0 radical (unpaired) electrons. The molecular weight excluding hydrogens is 332 g/mol. The first-order chi connectivity index (χ1) is 12.2. The molecule has 1 aliphatic rings. The Bertz CT molecular complexity index is 708. The number of aromatic nitrogens is 1. The predicted molar refractivity (Wildman–Crippen MR) is 105 cm³/mol. The standard InChI is InChI=1S/C19H26N4OS/c1-4-16-15-10-12-25-17(15)9-11-23(16)19(24)21-14-7-8-18(20-13-14)22(5-2)6-3/h7-8,10,12-13,16H,4-6,9,11H2,1-3H3,(H,21,24)/t16-/m1/s1. The van der Waals surface area contributed by atoms with E-state index in [-0.39, 0.29) is 12.1 Å². The molecule has 3 rings (SSSR count). The van der Waals surface area contributed by atoms with Crippen LogP contribution in [0.5, 0.6) is 0 Å². The Balaban J connectivity index is 1.70. The van der Waals surface area contributed by atoms with Gasteiger partial charge in [-0.2, -0.15) is 0 Å². The second kappa shape index (κ2) is 7.87. The fourth-order valence-corrected chi connectivity index (χ4v) is 4.40. The highest BCUT2D eigenvalue weighted by molar-refractivity contribution is 7.10. The van der Waals surface area contributed by atoms with Crippen LogP contribution in [0.3, 0.4) is 0 Å². The zero-order valence-electron chi connectivity index (χ0n) is 15.2. The molecule has 0 spiro atoms. The Morgan fingerprint density at radius 2 is 2.12 bits per heavy atom. The summed E-state index contributed by atoms with van der Waals surface area (Å²) in [5, 5.41) is 5.14. The average Bonchev–Trinajstić information content (AvgIpc) is 3.12. The molecule has 0 saturated heterocycles. The third-order valence-corrected chi connectivity index (χ3v) is 5.83. The number of rotatable bonds is 5. The first kappa shape index (κ1) is 17.7. The molecule has 134 valence electrons. The zero-order valence-corrected chi connectivity index (χ0v) is 16.0. The molecule has 0 fully saturated rings. The number of thiophene rings is 1. The van der Waals surface area contributed by atoms with E-state index in [1.165, 1.54) is 10.4 Å². The number of amides is 2. The molecule has 6 heteroatoms. The molecule has 1 N–H and O–H groups in total. The van der Waals surface area contributed by atoms with Gasteiger partial charge in [0.15, 0.2) is 0 Å². The lowest BCUT2D eigenvalue weighted by Gasteiger charge is -2.35. The van der Waals surface area contributed by atoms with Crippen molar-refractivity contribution in [2.24, 2.45) is 0 Å². The number of urea groups is 1. The zero-order chi connectivity index (χ0) is 17.8. The number of carbonyl (C=O) groups is 1. The summed E-state index contributed by atoms with van der Waals surface area (Å²) in [6.07, 6.45) is 3.61. The topological polar surface area (TPSA) is 48.5 Å². The summed E-state index contributed by atoms with van der Waals surface area (Å²) in [6.45, 7) is 8.97. The van der Waals surface area contributed by atoms with Gasteiger partial charge < -0.3 is 15.1 Å². The SMILES string of the molecule is CC[C@@H]1c2ccsc2CCN1C(=O)Nc1ccc(N(CC)CC)nc1. The Labute approximate surface area is 153 Å². The van der Waals surface area contributed by atoms with E-state index in [1.54, 1.807) is 17.5 Å². The second-order valence-corrected chi connectivity index (χ2v) is 7.17. The van der Waals surface area contributed by atoms with Crippen molar-refractivity contribution in [2.75, 3.05) is 29.9 Å². The van der Waals surface area contributed by atoms with Crippen molar-refractivity contribution in [1.29, 1.82) is 0 Å². The van der Waals surface area contributed by atoms with Crippen molar-refractivity contribution >= 4 is 28.9 Å². The number of hydrogen-bond acceptors (Lipinski definition) is 4.